The fourth-order valence-corrected chi connectivity index (χ4v) is 2.86. The van der Waals surface area contributed by atoms with Crippen LogP contribution in [0.4, 0.5) is 0 Å². The molecule has 2 N–H and O–H groups in total. The molecule has 1 heterocycles. The molecule has 2 fully saturated rings. The molecule has 1 aliphatic heterocycles. The summed E-state index contributed by atoms with van der Waals surface area (Å²) in [6.45, 7) is 7.66. The molecule has 2 aliphatic rings. The van der Waals surface area contributed by atoms with Gasteiger partial charge in [0.25, 0.3) is 0 Å². The standard InChI is InChI=1S/C14H25N3/c1-13(2)6-3-8-17(9-7-13)11-14(16,10-15)12-4-5-12/h12H,3-9,11,16H2,1-2H3. The summed E-state index contributed by atoms with van der Waals surface area (Å²) in [6.07, 6.45) is 6.03. The Hall–Kier alpha value is -0.590. The molecule has 0 amide bonds. The van der Waals surface area contributed by atoms with E-state index in [0.29, 0.717) is 11.3 Å². The predicted molar refractivity (Wildman–Crippen MR) is 69.3 cm³/mol. The fraction of sp³-hybridized carbons (Fsp3) is 0.929. The van der Waals surface area contributed by atoms with Crippen LogP contribution in [-0.4, -0.2) is 30.1 Å². The quantitative estimate of drug-likeness (QED) is 0.815. The molecule has 0 aromatic carbocycles. The zero-order chi connectivity index (χ0) is 12.5. The molecule has 3 nitrogen and oxygen atoms in total. The first-order chi connectivity index (χ1) is 7.95. The summed E-state index contributed by atoms with van der Waals surface area (Å²) in [7, 11) is 0. The van der Waals surface area contributed by atoms with Gasteiger partial charge >= 0.3 is 0 Å². The molecule has 0 aromatic rings. The van der Waals surface area contributed by atoms with Crippen LogP contribution in [-0.2, 0) is 0 Å². The van der Waals surface area contributed by atoms with E-state index in [1.807, 2.05) is 0 Å². The summed E-state index contributed by atoms with van der Waals surface area (Å²) in [4.78, 5) is 2.41. The van der Waals surface area contributed by atoms with Gasteiger partial charge in [0.1, 0.15) is 5.54 Å². The highest BCUT2D eigenvalue weighted by atomic mass is 15.1. The Bertz CT molecular complexity index is 314. The van der Waals surface area contributed by atoms with Crippen LogP contribution in [0.3, 0.4) is 0 Å². The molecule has 0 radical (unpaired) electrons. The second-order valence-corrected chi connectivity index (χ2v) is 6.72. The number of rotatable bonds is 3. The van der Waals surface area contributed by atoms with Gasteiger partial charge in [-0.1, -0.05) is 13.8 Å². The van der Waals surface area contributed by atoms with Crippen molar-refractivity contribution < 1.29 is 0 Å². The predicted octanol–water partition coefficient (Wildman–Crippen LogP) is 2.13. The molecular weight excluding hydrogens is 210 g/mol. The topological polar surface area (TPSA) is 53.0 Å². The van der Waals surface area contributed by atoms with E-state index in [2.05, 4.69) is 24.8 Å². The molecule has 96 valence electrons. The number of hydrogen-bond donors (Lipinski definition) is 1. The molecule has 1 saturated carbocycles. The van der Waals surface area contributed by atoms with Crippen molar-refractivity contribution in [3.63, 3.8) is 0 Å². The first-order valence-electron chi connectivity index (χ1n) is 6.88. The number of likely N-dealkylation sites (tertiary alicyclic amines) is 1. The number of nitrogens with two attached hydrogens (primary N) is 1. The highest BCUT2D eigenvalue weighted by molar-refractivity contribution is 5.14. The average molecular weight is 235 g/mol. The van der Waals surface area contributed by atoms with Gasteiger partial charge in [-0.05, 0) is 56.5 Å². The molecule has 1 unspecified atom stereocenters. The first-order valence-corrected chi connectivity index (χ1v) is 6.88. The summed E-state index contributed by atoms with van der Waals surface area (Å²) in [5, 5.41) is 9.30. The van der Waals surface area contributed by atoms with Crippen LogP contribution in [0.25, 0.3) is 0 Å². The lowest BCUT2D eigenvalue weighted by molar-refractivity contribution is 0.218. The number of nitrogens with zero attached hydrogens (tertiary/aromatic N) is 2. The maximum atomic E-state index is 9.30. The van der Waals surface area contributed by atoms with Gasteiger partial charge in [-0.2, -0.15) is 5.26 Å². The van der Waals surface area contributed by atoms with E-state index in [4.69, 9.17) is 5.73 Å². The highest BCUT2D eigenvalue weighted by Gasteiger charge is 2.43. The van der Waals surface area contributed by atoms with Crippen LogP contribution in [0.2, 0.25) is 0 Å². The minimum Gasteiger partial charge on any atom is -0.312 e. The molecule has 3 heteroatoms. The van der Waals surface area contributed by atoms with Gasteiger partial charge in [0, 0.05) is 6.54 Å². The average Bonchev–Trinajstić information content (AvgIpc) is 3.08. The highest BCUT2D eigenvalue weighted by Crippen LogP contribution is 2.39. The number of hydrogen-bond acceptors (Lipinski definition) is 3. The van der Waals surface area contributed by atoms with Crippen LogP contribution >= 0.6 is 0 Å². The lowest BCUT2D eigenvalue weighted by Gasteiger charge is -2.30. The van der Waals surface area contributed by atoms with E-state index in [1.165, 1.54) is 19.3 Å². The maximum absolute atomic E-state index is 9.30. The second-order valence-electron chi connectivity index (χ2n) is 6.72. The Kier molecular flexibility index (Phi) is 3.47. The summed E-state index contributed by atoms with van der Waals surface area (Å²) >= 11 is 0. The third-order valence-corrected chi connectivity index (χ3v) is 4.43. The minimum atomic E-state index is -0.589. The van der Waals surface area contributed by atoms with Crippen LogP contribution in [0.5, 0.6) is 0 Å². The Morgan fingerprint density at radius 1 is 1.35 bits per heavy atom. The van der Waals surface area contributed by atoms with E-state index in [-0.39, 0.29) is 0 Å². The Morgan fingerprint density at radius 3 is 2.65 bits per heavy atom. The van der Waals surface area contributed by atoms with E-state index < -0.39 is 5.54 Å². The first kappa shape index (κ1) is 12.9. The lowest BCUT2D eigenvalue weighted by atomic mass is 9.85. The second kappa shape index (κ2) is 4.59. The van der Waals surface area contributed by atoms with E-state index in [9.17, 15) is 5.26 Å². The van der Waals surface area contributed by atoms with Gasteiger partial charge < -0.3 is 10.6 Å². The van der Waals surface area contributed by atoms with Crippen LogP contribution in [0.15, 0.2) is 0 Å². The Morgan fingerprint density at radius 2 is 2.06 bits per heavy atom. The van der Waals surface area contributed by atoms with Gasteiger partial charge in [0.15, 0.2) is 0 Å². The zero-order valence-electron chi connectivity index (χ0n) is 11.2. The summed E-state index contributed by atoms with van der Waals surface area (Å²) in [6, 6.07) is 2.36. The Balaban J connectivity index is 1.92. The molecule has 2 rings (SSSR count). The number of nitriles is 1. The van der Waals surface area contributed by atoms with Crippen molar-refractivity contribution in [1.82, 2.24) is 4.90 Å². The van der Waals surface area contributed by atoms with Crippen LogP contribution in [0.1, 0.15) is 46.0 Å². The van der Waals surface area contributed by atoms with Gasteiger partial charge in [0.05, 0.1) is 6.07 Å². The summed E-state index contributed by atoms with van der Waals surface area (Å²) in [5.41, 5.74) is 6.12. The normalized spacial score (nSPS) is 29.1. The minimum absolute atomic E-state index is 0.448. The van der Waals surface area contributed by atoms with Crippen molar-refractivity contribution in [3.8, 4) is 6.07 Å². The monoisotopic (exact) mass is 235 g/mol. The van der Waals surface area contributed by atoms with Gasteiger partial charge in [-0.3, -0.25) is 0 Å². The third kappa shape index (κ3) is 3.20. The molecule has 0 spiro atoms. The maximum Gasteiger partial charge on any atom is 0.119 e. The fourth-order valence-electron chi connectivity index (χ4n) is 2.86. The zero-order valence-corrected chi connectivity index (χ0v) is 11.2. The van der Waals surface area contributed by atoms with Crippen LogP contribution < -0.4 is 5.73 Å². The molecule has 1 aliphatic carbocycles. The largest absolute Gasteiger partial charge is 0.312 e. The van der Waals surface area contributed by atoms with Crippen molar-refractivity contribution in [3.05, 3.63) is 0 Å². The van der Waals surface area contributed by atoms with E-state index >= 15 is 0 Å². The van der Waals surface area contributed by atoms with Crippen LogP contribution in [0, 0.1) is 22.7 Å². The van der Waals surface area contributed by atoms with Crippen molar-refractivity contribution in [2.45, 2.75) is 51.5 Å². The van der Waals surface area contributed by atoms with Crippen molar-refractivity contribution in [1.29, 1.82) is 5.26 Å². The Labute approximate surface area is 105 Å². The van der Waals surface area contributed by atoms with Gasteiger partial charge in [0.2, 0.25) is 0 Å². The van der Waals surface area contributed by atoms with E-state index in [0.717, 1.165) is 32.5 Å². The molecular formula is C14H25N3. The third-order valence-electron chi connectivity index (χ3n) is 4.43. The molecule has 17 heavy (non-hydrogen) atoms. The van der Waals surface area contributed by atoms with Crippen molar-refractivity contribution in [2.24, 2.45) is 17.1 Å². The van der Waals surface area contributed by atoms with Crippen molar-refractivity contribution >= 4 is 0 Å². The van der Waals surface area contributed by atoms with Gasteiger partial charge in [-0.25, -0.2) is 0 Å². The summed E-state index contributed by atoms with van der Waals surface area (Å²) in [5.74, 6) is 0.448. The molecule has 0 aromatic heterocycles. The molecule has 1 saturated heterocycles. The lowest BCUT2D eigenvalue weighted by Crippen LogP contribution is -2.51. The molecule has 0 bridgehead atoms. The SMILES string of the molecule is CC1(C)CCCN(CC(N)(C#N)C2CC2)CC1. The molecule has 1 atom stereocenters. The summed E-state index contributed by atoms with van der Waals surface area (Å²) < 4.78 is 0. The van der Waals surface area contributed by atoms with Crippen molar-refractivity contribution in [2.75, 3.05) is 19.6 Å². The smallest absolute Gasteiger partial charge is 0.119 e. The van der Waals surface area contributed by atoms with Gasteiger partial charge in [-0.15, -0.1) is 0 Å². The van der Waals surface area contributed by atoms with E-state index in [1.54, 1.807) is 0 Å².